The van der Waals surface area contributed by atoms with Gasteiger partial charge in [0.05, 0.1) is 5.88 Å². The van der Waals surface area contributed by atoms with Crippen LogP contribution < -0.4 is 4.90 Å². The topological polar surface area (TPSA) is 33.2 Å². The number of unbranched alkanes of at least 4 members (excludes halogenated alkanes) is 2. The summed E-state index contributed by atoms with van der Waals surface area (Å²) in [4.78, 5) is 17.7. The number of ketones is 1. The summed E-state index contributed by atoms with van der Waals surface area (Å²) < 4.78 is 0. The molecule has 0 bridgehead atoms. The van der Waals surface area contributed by atoms with Gasteiger partial charge in [-0.05, 0) is 6.42 Å². The average molecular weight is 261 g/mol. The number of carbonyl (C=O) groups excluding carboxylic acids is 1. The van der Waals surface area contributed by atoms with E-state index in [9.17, 15) is 4.79 Å². The molecular weight excluding hydrogens is 244 g/mol. The summed E-state index contributed by atoms with van der Waals surface area (Å²) in [5, 5.41) is 2.67. The quantitative estimate of drug-likeness (QED) is 0.429. The number of carbonyl (C=O) groups is 1. The molecule has 16 heavy (non-hydrogen) atoms. The van der Waals surface area contributed by atoms with E-state index in [1.807, 2.05) is 7.05 Å². The summed E-state index contributed by atoms with van der Waals surface area (Å²) in [6.45, 7) is 3.16. The van der Waals surface area contributed by atoms with Gasteiger partial charge in [-0.25, -0.2) is 4.98 Å². The molecule has 3 nitrogen and oxygen atoms in total. The Morgan fingerprint density at radius 3 is 2.94 bits per heavy atom. The fourth-order valence-corrected chi connectivity index (χ4v) is 2.29. The third-order valence-electron chi connectivity index (χ3n) is 2.32. The van der Waals surface area contributed by atoms with Gasteiger partial charge < -0.3 is 4.90 Å². The van der Waals surface area contributed by atoms with Crippen LogP contribution in [0.15, 0.2) is 5.38 Å². The van der Waals surface area contributed by atoms with E-state index in [4.69, 9.17) is 11.6 Å². The molecule has 0 aliphatic heterocycles. The van der Waals surface area contributed by atoms with E-state index in [2.05, 4.69) is 16.8 Å². The number of aromatic nitrogens is 1. The third kappa shape index (κ3) is 3.76. The van der Waals surface area contributed by atoms with Gasteiger partial charge in [-0.3, -0.25) is 4.79 Å². The van der Waals surface area contributed by atoms with Gasteiger partial charge in [0, 0.05) is 19.0 Å². The zero-order valence-electron chi connectivity index (χ0n) is 9.70. The second-order valence-corrected chi connectivity index (χ2v) is 4.80. The molecule has 1 aromatic heterocycles. The molecule has 0 atom stereocenters. The normalized spacial score (nSPS) is 10.4. The van der Waals surface area contributed by atoms with Crippen molar-refractivity contribution in [3.8, 4) is 0 Å². The van der Waals surface area contributed by atoms with Gasteiger partial charge in [0.2, 0.25) is 0 Å². The highest BCUT2D eigenvalue weighted by Crippen LogP contribution is 2.20. The third-order valence-corrected chi connectivity index (χ3v) is 3.52. The van der Waals surface area contributed by atoms with Gasteiger partial charge in [-0.2, -0.15) is 0 Å². The lowest BCUT2D eigenvalue weighted by molar-refractivity contribution is 0.101. The Bertz CT molecular complexity index is 340. The van der Waals surface area contributed by atoms with Crippen LogP contribution in [0.4, 0.5) is 5.13 Å². The van der Waals surface area contributed by atoms with Crippen molar-refractivity contribution in [1.29, 1.82) is 0 Å². The van der Waals surface area contributed by atoms with Crippen molar-refractivity contribution in [3.05, 3.63) is 11.1 Å². The standard InChI is InChI=1S/C11H17ClN2OS/c1-3-4-5-6-14(2)11-13-9(8-16-11)10(15)7-12/h8H,3-7H2,1-2H3. The molecular formula is C11H17ClN2OS. The molecule has 1 rings (SSSR count). The predicted molar refractivity (Wildman–Crippen MR) is 70.0 cm³/mol. The Morgan fingerprint density at radius 1 is 1.56 bits per heavy atom. The van der Waals surface area contributed by atoms with Crippen molar-refractivity contribution in [2.45, 2.75) is 26.2 Å². The van der Waals surface area contributed by atoms with Gasteiger partial charge >= 0.3 is 0 Å². The van der Waals surface area contributed by atoms with Crippen LogP contribution in [0.5, 0.6) is 0 Å². The summed E-state index contributed by atoms with van der Waals surface area (Å²) >= 11 is 6.97. The molecule has 1 heterocycles. The Hall–Kier alpha value is -0.610. The number of thiazole rings is 1. The number of alkyl halides is 1. The first kappa shape index (κ1) is 13.5. The molecule has 0 aromatic carbocycles. The second kappa shape index (κ2) is 6.86. The lowest BCUT2D eigenvalue weighted by atomic mass is 10.2. The minimum atomic E-state index is -0.105. The zero-order chi connectivity index (χ0) is 12.0. The molecule has 0 N–H and O–H groups in total. The molecule has 0 radical (unpaired) electrons. The number of nitrogens with zero attached hydrogens (tertiary/aromatic N) is 2. The number of Topliss-reactive ketones (excluding diaryl/α,β-unsaturated/α-hetero) is 1. The fourth-order valence-electron chi connectivity index (χ4n) is 1.33. The molecule has 1 aromatic rings. The first-order valence-corrected chi connectivity index (χ1v) is 6.86. The largest absolute Gasteiger partial charge is 0.351 e. The predicted octanol–water partition coefficient (Wildman–Crippen LogP) is 3.19. The molecule has 0 fully saturated rings. The Morgan fingerprint density at radius 2 is 2.31 bits per heavy atom. The summed E-state index contributed by atoms with van der Waals surface area (Å²) in [7, 11) is 2.00. The van der Waals surface area contributed by atoms with E-state index in [-0.39, 0.29) is 11.7 Å². The van der Waals surface area contributed by atoms with Gasteiger partial charge in [0.25, 0.3) is 0 Å². The smallest absolute Gasteiger partial charge is 0.196 e. The number of hydrogen-bond acceptors (Lipinski definition) is 4. The lowest BCUT2D eigenvalue weighted by Crippen LogP contribution is -2.18. The van der Waals surface area contributed by atoms with Crippen LogP contribution >= 0.6 is 22.9 Å². The highest BCUT2D eigenvalue weighted by molar-refractivity contribution is 7.13. The van der Waals surface area contributed by atoms with Crippen LogP contribution in [-0.4, -0.2) is 30.2 Å². The summed E-state index contributed by atoms with van der Waals surface area (Å²) in [5.74, 6) is -0.103. The summed E-state index contributed by atoms with van der Waals surface area (Å²) in [5.41, 5.74) is 0.484. The first-order chi connectivity index (χ1) is 7.69. The van der Waals surface area contributed by atoms with E-state index in [1.165, 1.54) is 24.2 Å². The number of rotatable bonds is 7. The zero-order valence-corrected chi connectivity index (χ0v) is 11.3. The van der Waals surface area contributed by atoms with Crippen molar-refractivity contribution in [2.24, 2.45) is 0 Å². The molecule has 0 amide bonds. The van der Waals surface area contributed by atoms with Crippen LogP contribution in [-0.2, 0) is 0 Å². The minimum Gasteiger partial charge on any atom is -0.351 e. The number of halogens is 1. The summed E-state index contributed by atoms with van der Waals surface area (Å²) in [6.07, 6.45) is 3.59. The van der Waals surface area contributed by atoms with Crippen LogP contribution in [0.25, 0.3) is 0 Å². The highest BCUT2D eigenvalue weighted by Gasteiger charge is 2.11. The Labute approximate surface area is 105 Å². The van der Waals surface area contributed by atoms with Crippen molar-refractivity contribution in [2.75, 3.05) is 24.4 Å². The van der Waals surface area contributed by atoms with Gasteiger partial charge in [0.15, 0.2) is 10.9 Å². The van der Waals surface area contributed by atoms with E-state index in [0.717, 1.165) is 18.1 Å². The molecule has 0 saturated carbocycles. The molecule has 0 aliphatic carbocycles. The highest BCUT2D eigenvalue weighted by atomic mass is 35.5. The lowest BCUT2D eigenvalue weighted by Gasteiger charge is -2.14. The van der Waals surface area contributed by atoms with Crippen LogP contribution in [0.3, 0.4) is 0 Å². The van der Waals surface area contributed by atoms with E-state index < -0.39 is 0 Å². The van der Waals surface area contributed by atoms with Crippen molar-refractivity contribution in [1.82, 2.24) is 4.98 Å². The molecule has 90 valence electrons. The molecule has 5 heteroatoms. The van der Waals surface area contributed by atoms with Gasteiger partial charge in [-0.15, -0.1) is 22.9 Å². The van der Waals surface area contributed by atoms with E-state index in [0.29, 0.717) is 5.69 Å². The summed E-state index contributed by atoms with van der Waals surface area (Å²) in [6, 6.07) is 0. The van der Waals surface area contributed by atoms with Crippen molar-refractivity contribution < 1.29 is 4.79 Å². The molecule has 0 saturated heterocycles. The number of hydrogen-bond donors (Lipinski definition) is 0. The van der Waals surface area contributed by atoms with Crippen molar-refractivity contribution in [3.63, 3.8) is 0 Å². The van der Waals surface area contributed by atoms with Crippen LogP contribution in [0.1, 0.15) is 36.7 Å². The molecule has 0 unspecified atom stereocenters. The van der Waals surface area contributed by atoms with E-state index >= 15 is 0 Å². The Balaban J connectivity index is 2.52. The monoisotopic (exact) mass is 260 g/mol. The van der Waals surface area contributed by atoms with Crippen LogP contribution in [0, 0.1) is 0 Å². The fraction of sp³-hybridized carbons (Fsp3) is 0.636. The maximum Gasteiger partial charge on any atom is 0.196 e. The van der Waals surface area contributed by atoms with Crippen LogP contribution in [0.2, 0.25) is 0 Å². The molecule has 0 spiro atoms. The van der Waals surface area contributed by atoms with E-state index in [1.54, 1.807) is 5.38 Å². The van der Waals surface area contributed by atoms with Crippen molar-refractivity contribution >= 4 is 33.9 Å². The van der Waals surface area contributed by atoms with Gasteiger partial charge in [0.1, 0.15) is 5.69 Å². The maximum atomic E-state index is 11.3. The Kier molecular flexibility index (Phi) is 5.77. The molecule has 0 aliphatic rings. The number of anilines is 1. The maximum absolute atomic E-state index is 11.3. The minimum absolute atomic E-state index is 0.00270. The first-order valence-electron chi connectivity index (χ1n) is 5.44. The average Bonchev–Trinajstić information content (AvgIpc) is 2.77. The van der Waals surface area contributed by atoms with Gasteiger partial charge in [-0.1, -0.05) is 19.8 Å². The SMILES string of the molecule is CCCCCN(C)c1nc(C(=O)CCl)cs1. The second-order valence-electron chi connectivity index (χ2n) is 3.70.